The van der Waals surface area contributed by atoms with Gasteiger partial charge >= 0.3 is 6.09 Å². The van der Waals surface area contributed by atoms with Gasteiger partial charge in [0.2, 0.25) is 0 Å². The maximum absolute atomic E-state index is 11.7. The van der Waals surface area contributed by atoms with Gasteiger partial charge in [0.05, 0.1) is 10.7 Å². The Balaban J connectivity index is 2.15. The van der Waals surface area contributed by atoms with Gasteiger partial charge < -0.3 is 4.74 Å². The summed E-state index contributed by atoms with van der Waals surface area (Å²) in [5, 5.41) is 6.74. The quantitative estimate of drug-likeness (QED) is 0.909. The van der Waals surface area contributed by atoms with E-state index in [1.165, 1.54) is 4.68 Å². The molecule has 7 nitrogen and oxygen atoms in total. The van der Waals surface area contributed by atoms with E-state index in [4.69, 9.17) is 4.74 Å². The van der Waals surface area contributed by atoms with Crippen LogP contribution >= 0.6 is 15.9 Å². The molecular weight excluding hydrogens is 326 g/mol. The summed E-state index contributed by atoms with van der Waals surface area (Å²) in [4.78, 5) is 19.8. The molecule has 2 heterocycles. The van der Waals surface area contributed by atoms with E-state index in [1.54, 1.807) is 45.4 Å². The van der Waals surface area contributed by atoms with E-state index in [0.717, 1.165) is 0 Å². The molecule has 0 spiro atoms. The number of hydrogen-bond donors (Lipinski definition) is 1. The number of halogens is 1. The van der Waals surface area contributed by atoms with Gasteiger partial charge in [-0.05, 0) is 42.8 Å². The van der Waals surface area contributed by atoms with Crippen molar-refractivity contribution < 1.29 is 9.53 Å². The molecule has 8 heteroatoms. The average molecular weight is 340 g/mol. The van der Waals surface area contributed by atoms with E-state index >= 15 is 0 Å². The summed E-state index contributed by atoms with van der Waals surface area (Å²) in [5.41, 5.74) is -0.568. The number of nitrogens with zero attached hydrogens (tertiary/aromatic N) is 4. The van der Waals surface area contributed by atoms with Gasteiger partial charge in [-0.3, -0.25) is 5.32 Å². The predicted octanol–water partition coefficient (Wildman–Crippen LogP) is 2.77. The molecule has 2 aromatic heterocycles. The van der Waals surface area contributed by atoms with Crippen LogP contribution in [0.1, 0.15) is 20.8 Å². The Hall–Kier alpha value is -1.96. The van der Waals surface area contributed by atoms with Gasteiger partial charge in [0.15, 0.2) is 5.82 Å². The molecule has 106 valence electrons. The fourth-order valence-electron chi connectivity index (χ4n) is 1.35. The lowest BCUT2D eigenvalue weighted by Crippen LogP contribution is -2.27. The third-order valence-electron chi connectivity index (χ3n) is 2.05. The molecule has 0 radical (unpaired) electrons. The third-order valence-corrected chi connectivity index (χ3v) is 2.63. The van der Waals surface area contributed by atoms with Crippen molar-refractivity contribution in [3.63, 3.8) is 0 Å². The lowest BCUT2D eigenvalue weighted by atomic mass is 10.2. The molecule has 0 aromatic carbocycles. The monoisotopic (exact) mass is 339 g/mol. The minimum atomic E-state index is -0.572. The zero-order chi connectivity index (χ0) is 14.8. The highest BCUT2D eigenvalue weighted by molar-refractivity contribution is 9.10. The number of nitrogens with one attached hydrogen (secondary N) is 1. The Morgan fingerprint density at radius 3 is 2.60 bits per heavy atom. The van der Waals surface area contributed by atoms with Crippen LogP contribution in [0.2, 0.25) is 0 Å². The van der Waals surface area contributed by atoms with Gasteiger partial charge in [0.1, 0.15) is 5.60 Å². The molecule has 2 rings (SSSR count). The fourth-order valence-corrected chi connectivity index (χ4v) is 1.72. The Labute approximate surface area is 124 Å². The van der Waals surface area contributed by atoms with Crippen LogP contribution in [0.5, 0.6) is 0 Å². The minimum Gasteiger partial charge on any atom is -0.444 e. The minimum absolute atomic E-state index is 0.340. The van der Waals surface area contributed by atoms with E-state index in [0.29, 0.717) is 16.2 Å². The first-order valence-electron chi connectivity index (χ1n) is 5.88. The first-order valence-corrected chi connectivity index (χ1v) is 6.67. The lowest BCUT2D eigenvalue weighted by Gasteiger charge is -2.19. The van der Waals surface area contributed by atoms with Crippen LogP contribution in [0.3, 0.4) is 0 Å². The Morgan fingerprint density at radius 2 is 2.00 bits per heavy atom. The van der Waals surface area contributed by atoms with E-state index in [9.17, 15) is 4.79 Å². The fraction of sp³-hybridized carbons (Fsp3) is 0.333. The van der Waals surface area contributed by atoms with Crippen molar-refractivity contribution in [2.45, 2.75) is 26.4 Å². The normalized spacial score (nSPS) is 11.2. The summed E-state index contributed by atoms with van der Waals surface area (Å²) < 4.78 is 7.22. The van der Waals surface area contributed by atoms with Crippen LogP contribution in [-0.2, 0) is 4.74 Å². The highest BCUT2D eigenvalue weighted by Gasteiger charge is 2.18. The number of amides is 1. The molecule has 0 bridgehead atoms. The molecule has 0 unspecified atom stereocenters. The zero-order valence-electron chi connectivity index (χ0n) is 11.3. The van der Waals surface area contributed by atoms with Crippen LogP contribution in [0.25, 0.3) is 5.95 Å². The summed E-state index contributed by atoms with van der Waals surface area (Å²) in [6, 6.07) is 1.71. The third kappa shape index (κ3) is 3.77. The van der Waals surface area contributed by atoms with Crippen LogP contribution < -0.4 is 5.32 Å². The highest BCUT2D eigenvalue weighted by atomic mass is 79.9. The number of rotatable bonds is 2. The van der Waals surface area contributed by atoms with Gasteiger partial charge in [0, 0.05) is 12.4 Å². The van der Waals surface area contributed by atoms with Crippen molar-refractivity contribution in [1.82, 2.24) is 19.7 Å². The van der Waals surface area contributed by atoms with Crippen molar-refractivity contribution in [3.8, 4) is 5.95 Å². The summed E-state index contributed by atoms with van der Waals surface area (Å²) in [5.74, 6) is 0.747. The molecule has 0 aliphatic rings. The standard InChI is InChI=1S/C12H14BrN5O2/c1-12(2,3)20-11(19)16-9-8(13)7-18(17-9)10-14-5-4-6-15-10/h4-7H,1-3H3,(H,16,17,19). The van der Waals surface area contributed by atoms with E-state index < -0.39 is 11.7 Å². The Kier molecular flexibility index (Phi) is 4.03. The molecule has 0 aliphatic heterocycles. The van der Waals surface area contributed by atoms with Gasteiger partial charge in [-0.2, -0.15) is 0 Å². The molecule has 0 aliphatic carbocycles. The molecule has 1 amide bonds. The van der Waals surface area contributed by atoms with Crippen molar-refractivity contribution in [2.24, 2.45) is 0 Å². The van der Waals surface area contributed by atoms with Gasteiger partial charge in [0.25, 0.3) is 5.95 Å². The molecule has 1 N–H and O–H groups in total. The second-order valence-electron chi connectivity index (χ2n) is 4.95. The van der Waals surface area contributed by atoms with Crippen LogP contribution in [-0.4, -0.2) is 31.4 Å². The molecule has 20 heavy (non-hydrogen) atoms. The SMILES string of the molecule is CC(C)(C)OC(=O)Nc1nn(-c2ncccn2)cc1Br. The number of ether oxygens (including phenoxy) is 1. The summed E-state index contributed by atoms with van der Waals surface area (Å²) >= 11 is 3.31. The number of anilines is 1. The number of aromatic nitrogens is 4. The molecule has 0 fully saturated rings. The molecule has 0 atom stereocenters. The molecule has 2 aromatic rings. The molecule has 0 saturated heterocycles. The van der Waals surface area contributed by atoms with E-state index in [1.807, 2.05) is 0 Å². The average Bonchev–Trinajstić information content (AvgIpc) is 2.70. The smallest absolute Gasteiger partial charge is 0.413 e. The first-order chi connectivity index (χ1) is 9.35. The number of carbonyl (C=O) groups is 1. The second-order valence-corrected chi connectivity index (χ2v) is 5.80. The number of carbonyl (C=O) groups excluding carboxylic acids is 1. The van der Waals surface area contributed by atoms with Crippen molar-refractivity contribution >= 4 is 27.8 Å². The maximum atomic E-state index is 11.7. The highest BCUT2D eigenvalue weighted by Crippen LogP contribution is 2.22. The first kappa shape index (κ1) is 14.4. The summed E-state index contributed by atoms with van der Waals surface area (Å²) in [6.07, 6.45) is 4.30. The largest absolute Gasteiger partial charge is 0.444 e. The molecular formula is C12H14BrN5O2. The van der Waals surface area contributed by atoms with Gasteiger partial charge in [-0.1, -0.05) is 0 Å². The van der Waals surface area contributed by atoms with Crippen LogP contribution in [0.15, 0.2) is 29.1 Å². The van der Waals surface area contributed by atoms with Crippen LogP contribution in [0.4, 0.5) is 10.6 Å². The Morgan fingerprint density at radius 1 is 1.35 bits per heavy atom. The van der Waals surface area contributed by atoms with Gasteiger partial charge in [-0.15, -0.1) is 5.10 Å². The number of hydrogen-bond acceptors (Lipinski definition) is 5. The van der Waals surface area contributed by atoms with E-state index in [2.05, 4.69) is 36.3 Å². The van der Waals surface area contributed by atoms with Crippen molar-refractivity contribution in [2.75, 3.05) is 5.32 Å². The Bertz CT molecular complexity index is 606. The summed E-state index contributed by atoms with van der Waals surface area (Å²) in [6.45, 7) is 5.37. The zero-order valence-corrected chi connectivity index (χ0v) is 12.9. The second kappa shape index (κ2) is 5.58. The van der Waals surface area contributed by atoms with Gasteiger partial charge in [-0.25, -0.2) is 19.4 Å². The maximum Gasteiger partial charge on any atom is 0.413 e. The van der Waals surface area contributed by atoms with Crippen LogP contribution in [0, 0.1) is 0 Å². The topological polar surface area (TPSA) is 81.9 Å². The molecule has 0 saturated carbocycles. The lowest BCUT2D eigenvalue weighted by molar-refractivity contribution is 0.0635. The predicted molar refractivity (Wildman–Crippen MR) is 76.7 cm³/mol. The van der Waals surface area contributed by atoms with E-state index in [-0.39, 0.29) is 0 Å². The van der Waals surface area contributed by atoms with Crippen molar-refractivity contribution in [1.29, 1.82) is 0 Å². The van der Waals surface area contributed by atoms with Crippen molar-refractivity contribution in [3.05, 3.63) is 29.1 Å². The summed E-state index contributed by atoms with van der Waals surface area (Å²) in [7, 11) is 0.